The SMILES string of the molecule is C=CCC(=CCO)c1ccc2c(c1)C(CC=C)(CC=C)CCN2C(=O)OC(C)(C)C. The maximum absolute atomic E-state index is 12.9. The second-order valence-corrected chi connectivity index (χ2v) is 8.78. The van der Waals surface area contributed by atoms with Crippen LogP contribution in [0.25, 0.3) is 5.57 Å². The molecule has 1 aliphatic rings. The Bertz CT molecular complexity index is 819. The molecule has 0 bridgehead atoms. The standard InChI is InChI=1S/C26H35NO3/c1-7-10-20(13-18-28)21-11-12-23-22(19-21)26(14-8-2,15-9-3)16-17-27(23)24(29)30-25(4,5)6/h7-9,11-13,19,28H,1-3,10,14-18H2,4-6H3. The maximum Gasteiger partial charge on any atom is 0.414 e. The van der Waals surface area contributed by atoms with E-state index in [0.717, 1.165) is 41.6 Å². The summed E-state index contributed by atoms with van der Waals surface area (Å²) in [7, 11) is 0. The van der Waals surface area contributed by atoms with Crippen molar-refractivity contribution in [2.75, 3.05) is 18.1 Å². The van der Waals surface area contributed by atoms with Crippen molar-refractivity contribution < 1.29 is 14.6 Å². The molecule has 1 aromatic rings. The fraction of sp³-hybridized carbons (Fsp3) is 0.423. The molecular formula is C26H35NO3. The Morgan fingerprint density at radius 2 is 1.87 bits per heavy atom. The molecule has 0 saturated carbocycles. The first-order chi connectivity index (χ1) is 14.2. The number of allylic oxidation sites excluding steroid dienone is 4. The van der Waals surface area contributed by atoms with Gasteiger partial charge in [0.25, 0.3) is 0 Å². The second-order valence-electron chi connectivity index (χ2n) is 8.78. The summed E-state index contributed by atoms with van der Waals surface area (Å²) in [6, 6.07) is 6.13. The number of aliphatic hydroxyl groups is 1. The molecule has 0 saturated heterocycles. The second kappa shape index (κ2) is 9.94. The summed E-state index contributed by atoms with van der Waals surface area (Å²) < 4.78 is 5.67. The number of rotatable bonds is 8. The largest absolute Gasteiger partial charge is 0.443 e. The molecule has 1 aliphatic heterocycles. The minimum absolute atomic E-state index is 0.0330. The fourth-order valence-electron chi connectivity index (χ4n) is 4.13. The third kappa shape index (κ3) is 5.31. The minimum atomic E-state index is -0.561. The van der Waals surface area contributed by atoms with Crippen molar-refractivity contribution >= 4 is 17.4 Å². The quantitative estimate of drug-likeness (QED) is 0.522. The van der Waals surface area contributed by atoms with E-state index in [1.165, 1.54) is 0 Å². The number of hydrogen-bond acceptors (Lipinski definition) is 3. The van der Waals surface area contributed by atoms with Crippen LogP contribution in [0.15, 0.2) is 62.2 Å². The fourth-order valence-corrected chi connectivity index (χ4v) is 4.13. The van der Waals surface area contributed by atoms with Crippen molar-refractivity contribution in [2.24, 2.45) is 0 Å². The van der Waals surface area contributed by atoms with E-state index in [-0.39, 0.29) is 18.1 Å². The summed E-state index contributed by atoms with van der Waals surface area (Å²) in [5.74, 6) is 0. The molecule has 1 heterocycles. The lowest BCUT2D eigenvalue weighted by molar-refractivity contribution is 0.0573. The first-order valence-corrected chi connectivity index (χ1v) is 10.5. The predicted molar refractivity (Wildman–Crippen MR) is 126 cm³/mol. The van der Waals surface area contributed by atoms with Crippen molar-refractivity contribution in [3.63, 3.8) is 0 Å². The van der Waals surface area contributed by atoms with E-state index < -0.39 is 5.60 Å². The van der Waals surface area contributed by atoms with Gasteiger partial charge in [0.2, 0.25) is 0 Å². The lowest BCUT2D eigenvalue weighted by Gasteiger charge is -2.43. The van der Waals surface area contributed by atoms with Crippen molar-refractivity contribution in [2.45, 2.75) is 57.5 Å². The molecule has 0 radical (unpaired) electrons. The Hall–Kier alpha value is -2.59. The van der Waals surface area contributed by atoms with Crippen molar-refractivity contribution in [1.82, 2.24) is 0 Å². The molecule has 0 unspecified atom stereocenters. The Morgan fingerprint density at radius 3 is 2.40 bits per heavy atom. The molecule has 1 N–H and O–H groups in total. The Labute approximate surface area is 181 Å². The number of ether oxygens (including phenoxy) is 1. The van der Waals surface area contributed by atoms with Gasteiger partial charge in [-0.2, -0.15) is 0 Å². The minimum Gasteiger partial charge on any atom is -0.443 e. The third-order valence-electron chi connectivity index (χ3n) is 5.43. The highest BCUT2D eigenvalue weighted by atomic mass is 16.6. The van der Waals surface area contributed by atoms with Gasteiger partial charge in [-0.3, -0.25) is 4.90 Å². The van der Waals surface area contributed by atoms with Crippen molar-refractivity contribution in [3.05, 3.63) is 73.4 Å². The molecule has 0 aliphatic carbocycles. The van der Waals surface area contributed by atoms with Crippen LogP contribution in [-0.2, 0) is 10.2 Å². The number of hydrogen-bond donors (Lipinski definition) is 1. The van der Waals surface area contributed by atoms with Gasteiger partial charge in [0.15, 0.2) is 0 Å². The number of nitrogens with zero attached hydrogens (tertiary/aromatic N) is 1. The molecule has 1 aromatic carbocycles. The first kappa shape index (κ1) is 23.7. The summed E-state index contributed by atoms with van der Waals surface area (Å²) in [6.07, 6.45) is 10.2. The molecule has 162 valence electrons. The maximum atomic E-state index is 12.9. The lowest BCUT2D eigenvalue weighted by atomic mass is 9.69. The van der Waals surface area contributed by atoms with Gasteiger partial charge in [0, 0.05) is 12.0 Å². The Morgan fingerprint density at radius 1 is 1.20 bits per heavy atom. The van der Waals surface area contributed by atoms with Crippen LogP contribution in [0.3, 0.4) is 0 Å². The number of carbonyl (C=O) groups is 1. The predicted octanol–water partition coefficient (Wildman–Crippen LogP) is 6.17. The zero-order valence-corrected chi connectivity index (χ0v) is 18.6. The summed E-state index contributed by atoms with van der Waals surface area (Å²) in [6.45, 7) is 18.0. The number of anilines is 1. The Balaban J connectivity index is 2.64. The molecule has 1 amide bonds. The molecule has 2 rings (SSSR count). The number of aliphatic hydroxyl groups excluding tert-OH is 1. The molecule has 30 heavy (non-hydrogen) atoms. The Kier molecular flexibility index (Phi) is 7.85. The lowest BCUT2D eigenvalue weighted by Crippen LogP contribution is -2.45. The highest BCUT2D eigenvalue weighted by molar-refractivity contribution is 5.90. The molecule has 0 fully saturated rings. The molecule has 0 atom stereocenters. The number of fused-ring (bicyclic) bond motifs is 1. The topological polar surface area (TPSA) is 49.8 Å². The zero-order chi connectivity index (χ0) is 22.4. The van der Waals surface area contributed by atoms with Crippen LogP contribution in [0.4, 0.5) is 10.5 Å². The van der Waals surface area contributed by atoms with Crippen LogP contribution < -0.4 is 4.90 Å². The van der Waals surface area contributed by atoms with Gasteiger partial charge in [0.1, 0.15) is 5.60 Å². The number of carbonyl (C=O) groups excluding carboxylic acids is 1. The van der Waals surface area contributed by atoms with Gasteiger partial charge in [0.05, 0.1) is 12.3 Å². The third-order valence-corrected chi connectivity index (χ3v) is 5.43. The highest BCUT2D eigenvalue weighted by Gasteiger charge is 2.40. The average molecular weight is 410 g/mol. The van der Waals surface area contributed by atoms with Crippen LogP contribution in [0.2, 0.25) is 0 Å². The van der Waals surface area contributed by atoms with Gasteiger partial charge in [-0.1, -0.05) is 30.4 Å². The van der Waals surface area contributed by atoms with E-state index in [1.54, 1.807) is 11.0 Å². The first-order valence-electron chi connectivity index (χ1n) is 10.5. The highest BCUT2D eigenvalue weighted by Crippen LogP contribution is 2.46. The molecule has 4 nitrogen and oxygen atoms in total. The molecular weight excluding hydrogens is 374 g/mol. The normalized spacial score (nSPS) is 15.9. The zero-order valence-electron chi connectivity index (χ0n) is 18.6. The summed E-state index contributed by atoms with van der Waals surface area (Å²) >= 11 is 0. The van der Waals surface area contributed by atoms with Crippen LogP contribution in [0.5, 0.6) is 0 Å². The van der Waals surface area contributed by atoms with Crippen LogP contribution in [0, 0.1) is 0 Å². The van der Waals surface area contributed by atoms with E-state index in [2.05, 4.69) is 25.8 Å². The molecule has 0 spiro atoms. The van der Waals surface area contributed by atoms with Gasteiger partial charge >= 0.3 is 6.09 Å². The van der Waals surface area contributed by atoms with Crippen molar-refractivity contribution in [3.8, 4) is 0 Å². The van der Waals surface area contributed by atoms with Gasteiger partial charge in [-0.15, -0.1) is 19.7 Å². The summed E-state index contributed by atoms with van der Waals surface area (Å²) in [5, 5.41) is 9.45. The van der Waals surface area contributed by atoms with Gasteiger partial charge in [-0.25, -0.2) is 4.79 Å². The van der Waals surface area contributed by atoms with Crippen molar-refractivity contribution in [1.29, 1.82) is 0 Å². The van der Waals surface area contributed by atoms with E-state index in [1.807, 2.05) is 51.1 Å². The average Bonchev–Trinajstić information content (AvgIpc) is 2.67. The van der Waals surface area contributed by atoms with E-state index in [9.17, 15) is 9.90 Å². The number of amides is 1. The molecule has 0 aromatic heterocycles. The van der Waals surface area contributed by atoms with E-state index in [0.29, 0.717) is 13.0 Å². The van der Waals surface area contributed by atoms with E-state index in [4.69, 9.17) is 4.74 Å². The number of benzene rings is 1. The monoisotopic (exact) mass is 409 g/mol. The summed E-state index contributed by atoms with van der Waals surface area (Å²) in [4.78, 5) is 14.7. The molecule has 4 heteroatoms. The van der Waals surface area contributed by atoms with Crippen LogP contribution in [0.1, 0.15) is 57.6 Å². The van der Waals surface area contributed by atoms with Gasteiger partial charge < -0.3 is 9.84 Å². The smallest absolute Gasteiger partial charge is 0.414 e. The van der Waals surface area contributed by atoms with E-state index >= 15 is 0 Å². The van der Waals surface area contributed by atoms with Crippen LogP contribution >= 0.6 is 0 Å². The van der Waals surface area contributed by atoms with Gasteiger partial charge in [-0.05, 0) is 75.3 Å². The summed E-state index contributed by atoms with van der Waals surface area (Å²) in [5.41, 5.74) is 3.25. The van der Waals surface area contributed by atoms with Crippen LogP contribution in [-0.4, -0.2) is 30.0 Å².